The first kappa shape index (κ1) is 20.6. The average molecular weight is 429 g/mol. The van der Waals surface area contributed by atoms with Gasteiger partial charge in [0.05, 0.1) is 11.4 Å². The molecule has 0 spiro atoms. The third-order valence-electron chi connectivity index (χ3n) is 6.80. The maximum absolute atomic E-state index is 6.71. The van der Waals surface area contributed by atoms with Gasteiger partial charge in [-0.05, 0) is 54.4 Å². The third-order valence-corrected chi connectivity index (χ3v) is 6.80. The summed E-state index contributed by atoms with van der Waals surface area (Å²) in [6.45, 7) is 8.16. The molecule has 32 heavy (non-hydrogen) atoms. The molecule has 2 bridgehead atoms. The summed E-state index contributed by atoms with van der Waals surface area (Å²) >= 11 is 0. The zero-order valence-electron chi connectivity index (χ0n) is 19.1. The second kappa shape index (κ2) is 7.69. The number of anilines is 5. The number of benzene rings is 2. The lowest BCUT2D eigenvalue weighted by Crippen LogP contribution is -2.35. The Morgan fingerprint density at radius 1 is 0.938 bits per heavy atom. The summed E-state index contributed by atoms with van der Waals surface area (Å²) < 4.78 is 0. The number of hydrazine groups is 1. The number of para-hydroxylation sites is 2. The first-order valence-electron chi connectivity index (χ1n) is 11.4. The maximum Gasteiger partial charge on any atom is 0.173 e. The van der Waals surface area contributed by atoms with Crippen LogP contribution in [0.25, 0.3) is 0 Å². The molecule has 2 aromatic carbocycles. The van der Waals surface area contributed by atoms with Crippen molar-refractivity contribution in [2.45, 2.75) is 46.1 Å². The third kappa shape index (κ3) is 3.85. The lowest BCUT2D eigenvalue weighted by atomic mass is 9.65. The van der Waals surface area contributed by atoms with Crippen LogP contribution < -0.4 is 21.1 Å². The summed E-state index contributed by atoms with van der Waals surface area (Å²) in [6, 6.07) is 20.8. The second-order valence-electron chi connectivity index (χ2n) is 10.4. The van der Waals surface area contributed by atoms with E-state index in [1.165, 1.54) is 12.8 Å². The predicted molar refractivity (Wildman–Crippen MR) is 132 cm³/mol. The Labute approximate surface area is 190 Å². The number of nitrogens with two attached hydrogens (primary N) is 1. The molecule has 1 saturated carbocycles. The first-order valence-corrected chi connectivity index (χ1v) is 11.4. The molecule has 0 amide bonds. The van der Waals surface area contributed by atoms with E-state index in [1.807, 2.05) is 41.4 Å². The quantitative estimate of drug-likeness (QED) is 0.513. The van der Waals surface area contributed by atoms with E-state index in [1.54, 1.807) is 6.33 Å². The molecule has 166 valence electrons. The van der Waals surface area contributed by atoms with Crippen LogP contribution in [0.15, 0.2) is 67.0 Å². The van der Waals surface area contributed by atoms with Crippen molar-refractivity contribution in [1.29, 1.82) is 0 Å². The van der Waals surface area contributed by atoms with Gasteiger partial charge in [-0.15, -0.1) is 0 Å². The molecular formula is C26H32N6. The van der Waals surface area contributed by atoms with Gasteiger partial charge in [0.25, 0.3) is 0 Å². The van der Waals surface area contributed by atoms with Crippen molar-refractivity contribution in [2.75, 3.05) is 27.6 Å². The lowest BCUT2D eigenvalue weighted by Gasteiger charge is -2.39. The Hall–Kier alpha value is -3.28. The molecule has 1 aromatic heterocycles. The lowest BCUT2D eigenvalue weighted by molar-refractivity contribution is 0.136. The fourth-order valence-electron chi connectivity index (χ4n) is 5.95. The predicted octanol–water partition coefficient (Wildman–Crippen LogP) is 5.63. The highest BCUT2D eigenvalue weighted by atomic mass is 15.5. The van der Waals surface area contributed by atoms with Crippen molar-refractivity contribution in [3.8, 4) is 0 Å². The topological polar surface area (TPSA) is 70.3 Å². The van der Waals surface area contributed by atoms with Gasteiger partial charge in [0.2, 0.25) is 0 Å². The summed E-state index contributed by atoms with van der Waals surface area (Å²) in [7, 11) is 0. The van der Waals surface area contributed by atoms with E-state index in [9.17, 15) is 0 Å². The Morgan fingerprint density at radius 2 is 1.56 bits per heavy atom. The number of hydrogen-bond acceptors (Lipinski definition) is 6. The Kier molecular flexibility index (Phi) is 4.96. The second-order valence-corrected chi connectivity index (χ2v) is 10.4. The molecule has 3 aromatic rings. The van der Waals surface area contributed by atoms with E-state index in [-0.39, 0.29) is 0 Å². The molecule has 1 saturated heterocycles. The number of aromatic nitrogens is 2. The summed E-state index contributed by atoms with van der Waals surface area (Å²) in [4.78, 5) is 11.6. The Bertz CT molecular complexity index is 1040. The number of rotatable bonds is 5. The van der Waals surface area contributed by atoms with Crippen LogP contribution in [0.3, 0.4) is 0 Å². The van der Waals surface area contributed by atoms with Crippen LogP contribution in [0.4, 0.5) is 28.7 Å². The normalized spacial score (nSPS) is 23.7. The summed E-state index contributed by atoms with van der Waals surface area (Å²) in [5, 5.41) is 2.01. The molecule has 3 N–H and O–H groups in total. The van der Waals surface area contributed by atoms with Gasteiger partial charge in [0.15, 0.2) is 11.6 Å². The molecule has 5 rings (SSSR count). The van der Waals surface area contributed by atoms with Gasteiger partial charge in [-0.2, -0.15) is 0 Å². The van der Waals surface area contributed by atoms with E-state index >= 15 is 0 Å². The van der Waals surface area contributed by atoms with Crippen molar-refractivity contribution in [3.05, 3.63) is 67.0 Å². The van der Waals surface area contributed by atoms with Crippen LogP contribution in [0.5, 0.6) is 0 Å². The summed E-state index contributed by atoms with van der Waals surface area (Å²) in [5.41, 5.74) is 13.4. The fraction of sp³-hybridized carbons (Fsp3) is 0.385. The highest BCUT2D eigenvalue weighted by Gasteiger charge is 2.50. The van der Waals surface area contributed by atoms with Gasteiger partial charge in [-0.1, -0.05) is 57.2 Å². The minimum absolute atomic E-state index is 0.303. The van der Waals surface area contributed by atoms with E-state index in [4.69, 9.17) is 5.73 Å². The van der Waals surface area contributed by atoms with Crippen molar-refractivity contribution in [1.82, 2.24) is 9.97 Å². The standard InChI is InChI=1S/C26H32N6/c1-25(2)14-21-15-26(3,16-25)17-31(21)24-22(27)23(28-18-29-24)30-32(19-10-6-4-7-11-19)20-12-8-5-9-13-20/h4-13,18,21H,14-17,27H2,1-3H3,(H,28,29,30). The van der Waals surface area contributed by atoms with E-state index in [0.717, 1.165) is 30.2 Å². The molecule has 2 fully saturated rings. The minimum Gasteiger partial charge on any atom is -0.393 e. The molecule has 2 heterocycles. The largest absolute Gasteiger partial charge is 0.393 e. The van der Waals surface area contributed by atoms with E-state index < -0.39 is 0 Å². The monoisotopic (exact) mass is 428 g/mol. The molecule has 2 aliphatic rings. The molecule has 2 unspecified atom stereocenters. The zero-order chi connectivity index (χ0) is 22.3. The Balaban J connectivity index is 1.48. The van der Waals surface area contributed by atoms with Gasteiger partial charge < -0.3 is 10.6 Å². The molecule has 6 nitrogen and oxygen atoms in total. The van der Waals surface area contributed by atoms with Crippen LogP contribution in [-0.4, -0.2) is 22.6 Å². The number of nitrogen functional groups attached to an aromatic ring is 1. The molecule has 1 aliphatic heterocycles. The number of nitrogens with one attached hydrogen (secondary N) is 1. The van der Waals surface area contributed by atoms with Crippen LogP contribution >= 0.6 is 0 Å². The van der Waals surface area contributed by atoms with Gasteiger partial charge in [0, 0.05) is 12.6 Å². The van der Waals surface area contributed by atoms with Crippen LogP contribution in [-0.2, 0) is 0 Å². The molecule has 0 radical (unpaired) electrons. The highest BCUT2D eigenvalue weighted by molar-refractivity contribution is 5.79. The molecule has 2 atom stereocenters. The SMILES string of the molecule is CC1(C)CC2CC(C)(CN2c2ncnc(NN(c3ccccc3)c3ccccc3)c2N)C1. The fourth-order valence-corrected chi connectivity index (χ4v) is 5.95. The molecular weight excluding hydrogens is 396 g/mol. The van der Waals surface area contributed by atoms with Crippen molar-refractivity contribution in [2.24, 2.45) is 10.8 Å². The number of hydrogen-bond donors (Lipinski definition) is 2. The summed E-state index contributed by atoms with van der Waals surface area (Å²) in [6.07, 6.45) is 5.22. The number of fused-ring (bicyclic) bond motifs is 2. The summed E-state index contributed by atoms with van der Waals surface area (Å²) in [5.74, 6) is 1.46. The maximum atomic E-state index is 6.71. The highest BCUT2D eigenvalue weighted by Crippen LogP contribution is 2.54. The van der Waals surface area contributed by atoms with Crippen LogP contribution in [0.2, 0.25) is 0 Å². The first-order chi connectivity index (χ1) is 15.3. The number of nitrogens with zero attached hydrogens (tertiary/aromatic N) is 4. The van der Waals surface area contributed by atoms with Gasteiger partial charge in [-0.25, -0.2) is 9.97 Å². The average Bonchev–Trinajstić information content (AvgIpc) is 3.02. The van der Waals surface area contributed by atoms with E-state index in [0.29, 0.717) is 28.4 Å². The van der Waals surface area contributed by atoms with Crippen LogP contribution in [0.1, 0.15) is 40.0 Å². The van der Waals surface area contributed by atoms with E-state index in [2.05, 4.69) is 65.3 Å². The molecule has 1 aliphatic carbocycles. The van der Waals surface area contributed by atoms with Gasteiger partial charge in [-0.3, -0.25) is 10.4 Å². The Morgan fingerprint density at radius 3 is 2.19 bits per heavy atom. The van der Waals surface area contributed by atoms with Gasteiger partial charge in [0.1, 0.15) is 12.0 Å². The smallest absolute Gasteiger partial charge is 0.173 e. The zero-order valence-corrected chi connectivity index (χ0v) is 19.1. The van der Waals surface area contributed by atoms with Crippen LogP contribution in [0, 0.1) is 10.8 Å². The van der Waals surface area contributed by atoms with Gasteiger partial charge >= 0.3 is 0 Å². The minimum atomic E-state index is 0.303. The van der Waals surface area contributed by atoms with Crippen molar-refractivity contribution >= 4 is 28.7 Å². The van der Waals surface area contributed by atoms with Crippen molar-refractivity contribution in [3.63, 3.8) is 0 Å². The van der Waals surface area contributed by atoms with Crippen molar-refractivity contribution < 1.29 is 0 Å². The molecule has 6 heteroatoms.